The smallest absolute Gasteiger partial charge is 0.0431 e. The summed E-state index contributed by atoms with van der Waals surface area (Å²) in [7, 11) is 0. The first kappa shape index (κ1) is 15.6. The van der Waals surface area contributed by atoms with Crippen LogP contribution in [0.1, 0.15) is 40.0 Å². The van der Waals surface area contributed by atoms with E-state index in [0.29, 0.717) is 12.0 Å². The molecule has 0 fully saturated rings. The average Bonchev–Trinajstić information content (AvgIpc) is 1.85. The van der Waals surface area contributed by atoms with Gasteiger partial charge in [0.25, 0.3) is 0 Å². The number of allylic oxidation sites excluding steroid dienone is 2. The maximum atomic E-state index is 8.50. The zero-order valence-electron chi connectivity index (χ0n) is 8.51. The second-order valence-corrected chi connectivity index (χ2v) is 3.99. The molecule has 0 unspecified atom stereocenters. The molecule has 0 aromatic rings. The summed E-state index contributed by atoms with van der Waals surface area (Å²) in [6.07, 6.45) is 7.55. The molecule has 0 spiro atoms. The predicted octanol–water partition coefficient (Wildman–Crippen LogP) is 2.75. The maximum absolute atomic E-state index is 8.50. The standard InChI is InChI=1S/C10H20O.Ac/c1-10(2,3)8-6-4-5-7-9-11;/h6,8,11H,4-5,7,9H2,1-3H3;/b8-6+;. The third-order valence-corrected chi connectivity index (χ3v) is 1.40. The Morgan fingerprint density at radius 2 is 1.75 bits per heavy atom. The molecule has 0 aliphatic rings. The number of unbranched alkanes of at least 4 members (excludes halogenated alkanes) is 2. The van der Waals surface area contributed by atoms with Gasteiger partial charge in [-0.2, -0.15) is 0 Å². The van der Waals surface area contributed by atoms with Gasteiger partial charge < -0.3 is 5.11 Å². The number of hydrogen-bond acceptors (Lipinski definition) is 1. The van der Waals surface area contributed by atoms with Crippen molar-refractivity contribution in [1.29, 1.82) is 0 Å². The minimum absolute atomic E-state index is 0. The molecule has 0 rings (SSSR count). The molecule has 0 atom stereocenters. The minimum Gasteiger partial charge on any atom is -0.396 e. The fraction of sp³-hybridized carbons (Fsp3) is 0.800. The molecule has 0 aliphatic carbocycles. The summed E-state index contributed by atoms with van der Waals surface area (Å²) in [6.45, 7) is 6.89. The van der Waals surface area contributed by atoms with Crippen LogP contribution in [-0.2, 0) is 0 Å². The van der Waals surface area contributed by atoms with E-state index in [1.165, 1.54) is 0 Å². The summed E-state index contributed by atoms with van der Waals surface area (Å²) in [6, 6.07) is 0. The minimum atomic E-state index is 0. The quantitative estimate of drug-likeness (QED) is 0.585. The Labute approximate surface area is 112 Å². The van der Waals surface area contributed by atoms with E-state index in [1.807, 2.05) is 0 Å². The van der Waals surface area contributed by atoms with Gasteiger partial charge in [0, 0.05) is 50.7 Å². The summed E-state index contributed by atoms with van der Waals surface area (Å²) < 4.78 is 0. The second kappa shape index (κ2) is 8.73. The fourth-order valence-corrected chi connectivity index (χ4v) is 0.811. The molecule has 0 bridgehead atoms. The van der Waals surface area contributed by atoms with Gasteiger partial charge in [0.05, 0.1) is 0 Å². The van der Waals surface area contributed by atoms with Crippen molar-refractivity contribution < 1.29 is 49.2 Å². The van der Waals surface area contributed by atoms with Crippen LogP contribution in [0.4, 0.5) is 0 Å². The van der Waals surface area contributed by atoms with Crippen LogP contribution in [0.15, 0.2) is 12.2 Å². The number of aliphatic hydroxyl groups is 1. The monoisotopic (exact) mass is 383 g/mol. The normalized spacial score (nSPS) is 11.7. The van der Waals surface area contributed by atoms with Crippen LogP contribution in [0.5, 0.6) is 0 Å². The van der Waals surface area contributed by atoms with Gasteiger partial charge in [-0.25, -0.2) is 0 Å². The molecular formula is C10H20AcO. The Bertz CT molecular complexity index is 113. The van der Waals surface area contributed by atoms with Crippen molar-refractivity contribution in [2.24, 2.45) is 5.41 Å². The van der Waals surface area contributed by atoms with Crippen molar-refractivity contribution in [2.75, 3.05) is 6.61 Å². The molecule has 1 N–H and O–H groups in total. The van der Waals surface area contributed by atoms with E-state index in [9.17, 15) is 0 Å². The first-order valence-electron chi connectivity index (χ1n) is 4.35. The van der Waals surface area contributed by atoms with Gasteiger partial charge in [-0.1, -0.05) is 32.9 Å². The summed E-state index contributed by atoms with van der Waals surface area (Å²) in [4.78, 5) is 0. The van der Waals surface area contributed by atoms with Gasteiger partial charge >= 0.3 is 0 Å². The van der Waals surface area contributed by atoms with Crippen molar-refractivity contribution in [2.45, 2.75) is 40.0 Å². The van der Waals surface area contributed by atoms with Gasteiger partial charge in [0.2, 0.25) is 0 Å². The van der Waals surface area contributed by atoms with E-state index in [1.54, 1.807) is 0 Å². The molecule has 1 nitrogen and oxygen atoms in total. The number of hydrogen-bond donors (Lipinski definition) is 1. The number of rotatable bonds is 4. The Kier molecular flexibility index (Phi) is 11.3. The Morgan fingerprint density at radius 1 is 1.17 bits per heavy atom. The van der Waals surface area contributed by atoms with Crippen molar-refractivity contribution in [3.63, 3.8) is 0 Å². The molecule has 12 heavy (non-hydrogen) atoms. The van der Waals surface area contributed by atoms with Gasteiger partial charge in [0.15, 0.2) is 0 Å². The molecule has 0 aliphatic heterocycles. The topological polar surface area (TPSA) is 20.2 Å². The van der Waals surface area contributed by atoms with Crippen LogP contribution >= 0.6 is 0 Å². The van der Waals surface area contributed by atoms with Crippen molar-refractivity contribution in [3.8, 4) is 0 Å². The van der Waals surface area contributed by atoms with Crippen LogP contribution in [0.25, 0.3) is 0 Å². The Morgan fingerprint density at radius 3 is 2.17 bits per heavy atom. The molecular weight excluding hydrogens is 363 g/mol. The molecule has 0 amide bonds. The van der Waals surface area contributed by atoms with Gasteiger partial charge in [-0.15, -0.1) is 0 Å². The van der Waals surface area contributed by atoms with Crippen molar-refractivity contribution in [3.05, 3.63) is 12.2 Å². The van der Waals surface area contributed by atoms with Crippen molar-refractivity contribution in [1.82, 2.24) is 0 Å². The predicted molar refractivity (Wildman–Crippen MR) is 49.5 cm³/mol. The molecule has 1 radical (unpaired) electrons. The second-order valence-electron chi connectivity index (χ2n) is 3.99. The zero-order chi connectivity index (χ0) is 8.74. The van der Waals surface area contributed by atoms with Crippen LogP contribution in [0, 0.1) is 49.5 Å². The van der Waals surface area contributed by atoms with E-state index in [-0.39, 0.29) is 44.1 Å². The van der Waals surface area contributed by atoms with E-state index in [4.69, 9.17) is 5.11 Å². The summed E-state index contributed by atoms with van der Waals surface area (Å²) in [5.41, 5.74) is 0.305. The van der Waals surface area contributed by atoms with E-state index in [0.717, 1.165) is 19.3 Å². The summed E-state index contributed by atoms with van der Waals surface area (Å²) in [5.74, 6) is 0. The first-order valence-corrected chi connectivity index (χ1v) is 4.35. The molecule has 2 heteroatoms. The molecule has 69 valence electrons. The molecule has 0 heterocycles. The molecule has 0 saturated carbocycles. The van der Waals surface area contributed by atoms with Crippen LogP contribution in [-0.4, -0.2) is 11.7 Å². The third-order valence-electron chi connectivity index (χ3n) is 1.40. The molecule has 0 aromatic heterocycles. The maximum Gasteiger partial charge on any atom is 0.0431 e. The largest absolute Gasteiger partial charge is 0.396 e. The average molecular weight is 383 g/mol. The van der Waals surface area contributed by atoms with Crippen LogP contribution < -0.4 is 0 Å². The van der Waals surface area contributed by atoms with Crippen LogP contribution in [0.3, 0.4) is 0 Å². The Balaban J connectivity index is 0. The zero-order valence-corrected chi connectivity index (χ0v) is 13.3. The van der Waals surface area contributed by atoms with Crippen molar-refractivity contribution >= 4 is 0 Å². The van der Waals surface area contributed by atoms with Gasteiger partial charge in [-0.05, 0) is 24.7 Å². The van der Waals surface area contributed by atoms with E-state index in [2.05, 4.69) is 32.9 Å². The SMILES string of the molecule is CC(C)(C)/C=C/CCCCO.[Ac]. The van der Waals surface area contributed by atoms with E-state index >= 15 is 0 Å². The summed E-state index contributed by atoms with van der Waals surface area (Å²) >= 11 is 0. The molecule has 0 aromatic carbocycles. The third kappa shape index (κ3) is 13.7. The van der Waals surface area contributed by atoms with Crippen LogP contribution in [0.2, 0.25) is 0 Å². The molecule has 0 saturated heterocycles. The fourth-order valence-electron chi connectivity index (χ4n) is 0.811. The summed E-state index contributed by atoms with van der Waals surface area (Å²) in [5, 5.41) is 8.50. The number of aliphatic hydroxyl groups excluding tert-OH is 1. The van der Waals surface area contributed by atoms with E-state index < -0.39 is 0 Å². The van der Waals surface area contributed by atoms with Gasteiger partial charge in [-0.3, -0.25) is 0 Å². The Hall–Kier alpha value is 1.14. The van der Waals surface area contributed by atoms with Gasteiger partial charge in [0.1, 0.15) is 0 Å². The first-order chi connectivity index (χ1) is 5.06.